The largest absolute Gasteiger partial charge is 0.354 e. The van der Waals surface area contributed by atoms with E-state index in [0.717, 1.165) is 42.5 Å². The van der Waals surface area contributed by atoms with Crippen molar-refractivity contribution in [2.45, 2.75) is 31.7 Å². The summed E-state index contributed by atoms with van der Waals surface area (Å²) in [5, 5.41) is 7.28. The molecule has 3 rings (SSSR count). The zero-order chi connectivity index (χ0) is 24.0. The molecule has 1 aliphatic heterocycles. The van der Waals surface area contributed by atoms with Gasteiger partial charge in [-0.2, -0.15) is 0 Å². The number of rotatable bonds is 13. The topological polar surface area (TPSA) is 39.7 Å². The van der Waals surface area contributed by atoms with E-state index in [1.165, 1.54) is 24.0 Å². The third kappa shape index (κ3) is 8.87. The molecule has 2 N–H and O–H groups in total. The number of thioether (sulfide) groups is 1. The predicted molar refractivity (Wildman–Crippen MR) is 147 cm³/mol. The summed E-state index contributed by atoms with van der Waals surface area (Å²) >= 11 is 1.92. The van der Waals surface area contributed by atoms with Crippen LogP contribution in [0.15, 0.2) is 95.1 Å². The van der Waals surface area contributed by atoms with E-state index in [1.54, 1.807) is 0 Å². The van der Waals surface area contributed by atoms with Gasteiger partial charge in [0.05, 0.1) is 11.1 Å². The van der Waals surface area contributed by atoms with Crippen LogP contribution >= 0.6 is 11.8 Å². The van der Waals surface area contributed by atoms with E-state index in [2.05, 4.69) is 103 Å². The molecule has 1 atom stereocenters. The van der Waals surface area contributed by atoms with Gasteiger partial charge in [0.15, 0.2) is 0 Å². The summed E-state index contributed by atoms with van der Waals surface area (Å²) < 4.78 is 0. The Balaban J connectivity index is 1.73. The molecule has 0 aliphatic carbocycles. The molecule has 1 aliphatic rings. The smallest absolute Gasteiger partial charge is 0.128 e. The van der Waals surface area contributed by atoms with Gasteiger partial charge in [-0.15, -0.1) is 11.8 Å². The number of nitrogens with zero attached hydrogens (tertiary/aromatic N) is 2. The second-order valence-corrected chi connectivity index (χ2v) is 9.70. The molecule has 0 fully saturated rings. The number of likely N-dealkylation sites (N-methyl/N-ethyl adjacent to an activating group) is 1. The van der Waals surface area contributed by atoms with Gasteiger partial charge in [0.1, 0.15) is 5.82 Å². The van der Waals surface area contributed by atoms with Gasteiger partial charge in [-0.25, -0.2) is 4.99 Å². The Hall–Kier alpha value is -2.78. The van der Waals surface area contributed by atoms with Crippen LogP contribution in [0, 0.1) is 0 Å². The van der Waals surface area contributed by atoms with E-state index >= 15 is 0 Å². The van der Waals surface area contributed by atoms with Crippen LogP contribution in [-0.2, 0) is 6.54 Å². The summed E-state index contributed by atoms with van der Waals surface area (Å²) in [5.74, 6) is 1.93. The molecule has 1 heterocycles. The number of benzene rings is 2. The number of aliphatic imine (C=N–C) groups is 1. The summed E-state index contributed by atoms with van der Waals surface area (Å²) in [5.41, 5.74) is 10.6. The van der Waals surface area contributed by atoms with Crippen LogP contribution in [-0.4, -0.2) is 43.5 Å². The molecule has 2 aromatic rings. The summed E-state index contributed by atoms with van der Waals surface area (Å²) in [7, 11) is 4.18. The Morgan fingerprint density at radius 3 is 2.56 bits per heavy atom. The van der Waals surface area contributed by atoms with Crippen molar-refractivity contribution < 1.29 is 0 Å². The molecule has 1 unspecified atom stereocenters. The highest BCUT2D eigenvalue weighted by Crippen LogP contribution is 2.28. The SMILES string of the molecule is CCCCSC(NC1=C/C=C=C=C/C(c2ccc(CNCCN(C)C)cc2)=N\1)c1ccccc1. The quantitative estimate of drug-likeness (QED) is 0.224. The average molecular weight is 473 g/mol. The maximum atomic E-state index is 4.97. The number of allylic oxidation sites excluding steroid dienone is 3. The van der Waals surface area contributed by atoms with Crippen molar-refractivity contribution >= 4 is 17.5 Å². The van der Waals surface area contributed by atoms with Crippen LogP contribution < -0.4 is 10.6 Å². The summed E-state index contributed by atoms with van der Waals surface area (Å²) in [6, 6.07) is 19.2. The van der Waals surface area contributed by atoms with Crippen LogP contribution in [0.5, 0.6) is 0 Å². The summed E-state index contributed by atoms with van der Waals surface area (Å²) in [6.45, 7) is 5.09. The summed E-state index contributed by atoms with van der Waals surface area (Å²) in [6.07, 6.45) is 8.13. The molecule has 4 nitrogen and oxygen atoms in total. The maximum absolute atomic E-state index is 4.97. The van der Waals surface area contributed by atoms with Gasteiger partial charge in [-0.1, -0.05) is 79.4 Å². The first-order chi connectivity index (χ1) is 16.7. The molecule has 0 aromatic heterocycles. The van der Waals surface area contributed by atoms with Gasteiger partial charge in [0.2, 0.25) is 0 Å². The second kappa shape index (κ2) is 14.5. The average Bonchev–Trinajstić information content (AvgIpc) is 2.83. The number of nitrogens with one attached hydrogen (secondary N) is 2. The third-order valence-corrected chi connectivity index (χ3v) is 6.58. The van der Waals surface area contributed by atoms with Crippen molar-refractivity contribution in [1.29, 1.82) is 0 Å². The lowest BCUT2D eigenvalue weighted by molar-refractivity contribution is 0.400. The summed E-state index contributed by atoms with van der Waals surface area (Å²) in [4.78, 5) is 7.15. The minimum Gasteiger partial charge on any atom is -0.354 e. The molecule has 0 saturated heterocycles. The molecular formula is C29H36N4S. The standard InChI is InChI=1S/C29H36N4S/c1-4-5-22-34-29(26-12-8-6-9-13-26)32-28-15-11-7-10-14-27(31-28)25-18-16-24(17-19-25)23-30-20-21-33(2)3/h6,8-9,11-19,29-30H,4-5,20-23H2,1-3H3,(H,31,32). The number of hydrogen-bond acceptors (Lipinski definition) is 5. The fraction of sp³-hybridized carbons (Fsp3) is 0.345. The van der Waals surface area contributed by atoms with Crippen LogP contribution in [0.4, 0.5) is 0 Å². The molecule has 5 heteroatoms. The fourth-order valence-corrected chi connectivity index (χ4v) is 4.61. The van der Waals surface area contributed by atoms with E-state index < -0.39 is 0 Å². The zero-order valence-electron chi connectivity index (χ0n) is 20.6. The third-order valence-electron chi connectivity index (χ3n) is 5.34. The lowest BCUT2D eigenvalue weighted by Gasteiger charge is -2.20. The van der Waals surface area contributed by atoms with Crippen LogP contribution in [0.3, 0.4) is 0 Å². The molecule has 178 valence electrons. The van der Waals surface area contributed by atoms with Gasteiger partial charge in [0, 0.05) is 31.3 Å². The first-order valence-corrected chi connectivity index (χ1v) is 13.0. The first kappa shape index (κ1) is 25.8. The Kier molecular flexibility index (Phi) is 11.0. The lowest BCUT2D eigenvalue weighted by atomic mass is 10.1. The Labute approximate surface area is 209 Å². The van der Waals surface area contributed by atoms with E-state index in [9.17, 15) is 0 Å². The molecule has 2 aromatic carbocycles. The molecule has 0 saturated carbocycles. The van der Waals surface area contributed by atoms with Crippen LogP contribution in [0.1, 0.15) is 41.8 Å². The Morgan fingerprint density at radius 2 is 1.82 bits per heavy atom. The molecular weight excluding hydrogens is 436 g/mol. The Bertz CT molecular complexity index is 1040. The highest BCUT2D eigenvalue weighted by Gasteiger charge is 2.13. The van der Waals surface area contributed by atoms with Gasteiger partial charge in [-0.05, 0) is 49.5 Å². The molecule has 0 spiro atoms. The minimum absolute atomic E-state index is 0.139. The van der Waals surface area contributed by atoms with E-state index in [4.69, 9.17) is 4.99 Å². The molecule has 0 amide bonds. The van der Waals surface area contributed by atoms with E-state index in [1.807, 2.05) is 30.0 Å². The predicted octanol–water partition coefficient (Wildman–Crippen LogP) is 5.67. The number of hydrogen-bond donors (Lipinski definition) is 2. The Morgan fingerprint density at radius 1 is 1.03 bits per heavy atom. The lowest BCUT2D eigenvalue weighted by Crippen LogP contribution is -2.26. The highest BCUT2D eigenvalue weighted by atomic mass is 32.2. The van der Waals surface area contributed by atoms with Crippen molar-refractivity contribution in [2.24, 2.45) is 4.99 Å². The molecule has 0 bridgehead atoms. The first-order valence-electron chi connectivity index (χ1n) is 12.0. The van der Waals surface area contributed by atoms with E-state index in [0.29, 0.717) is 0 Å². The van der Waals surface area contributed by atoms with E-state index in [-0.39, 0.29) is 5.37 Å². The van der Waals surface area contributed by atoms with Gasteiger partial charge < -0.3 is 15.5 Å². The molecule has 0 radical (unpaired) electrons. The molecule has 34 heavy (non-hydrogen) atoms. The van der Waals surface area contributed by atoms with Crippen LogP contribution in [0.2, 0.25) is 0 Å². The van der Waals surface area contributed by atoms with Crippen molar-refractivity contribution in [1.82, 2.24) is 15.5 Å². The number of unbranched alkanes of at least 4 members (excludes halogenated alkanes) is 1. The zero-order valence-corrected chi connectivity index (χ0v) is 21.4. The minimum atomic E-state index is 0.139. The van der Waals surface area contributed by atoms with Crippen molar-refractivity contribution in [3.05, 3.63) is 107 Å². The maximum Gasteiger partial charge on any atom is 0.128 e. The van der Waals surface area contributed by atoms with Crippen molar-refractivity contribution in [3.63, 3.8) is 0 Å². The normalized spacial score (nSPS) is 16.9. The van der Waals surface area contributed by atoms with Gasteiger partial charge in [0.25, 0.3) is 0 Å². The second-order valence-electron chi connectivity index (χ2n) is 8.49. The highest BCUT2D eigenvalue weighted by molar-refractivity contribution is 7.99. The van der Waals surface area contributed by atoms with Gasteiger partial charge in [-0.3, -0.25) is 0 Å². The van der Waals surface area contributed by atoms with Gasteiger partial charge >= 0.3 is 0 Å². The van der Waals surface area contributed by atoms with Crippen molar-refractivity contribution in [3.8, 4) is 0 Å². The monoisotopic (exact) mass is 472 g/mol. The van der Waals surface area contributed by atoms with Crippen LogP contribution in [0.25, 0.3) is 0 Å². The fourth-order valence-electron chi connectivity index (χ4n) is 3.36. The van der Waals surface area contributed by atoms with Crippen molar-refractivity contribution in [2.75, 3.05) is 32.9 Å².